The van der Waals surface area contributed by atoms with Crippen LogP contribution in [0.15, 0.2) is 24.3 Å². The number of carbonyl (C=O) groups excluding carboxylic acids is 1. The number of aromatic hydroxyl groups is 3. The highest BCUT2D eigenvalue weighted by Gasteiger charge is 2.21. The SMILES string of the molecule is COc1cc(O)c(C(=O)c2nc3cc(OC)c(O)cc3s2)cc1O. The molecule has 0 unspecified atom stereocenters. The maximum Gasteiger partial charge on any atom is 0.225 e. The number of benzene rings is 2. The summed E-state index contributed by atoms with van der Waals surface area (Å²) in [5.41, 5.74) is 0.388. The van der Waals surface area contributed by atoms with Crippen LogP contribution in [0.25, 0.3) is 10.2 Å². The molecule has 0 aliphatic rings. The van der Waals surface area contributed by atoms with Gasteiger partial charge in [0, 0.05) is 18.2 Å². The van der Waals surface area contributed by atoms with Crippen LogP contribution in [0.2, 0.25) is 0 Å². The van der Waals surface area contributed by atoms with Gasteiger partial charge in [0.2, 0.25) is 5.78 Å². The van der Waals surface area contributed by atoms with E-state index in [-0.39, 0.29) is 39.3 Å². The lowest BCUT2D eigenvalue weighted by molar-refractivity contribution is 0.103. The lowest BCUT2D eigenvalue weighted by atomic mass is 10.1. The summed E-state index contributed by atoms with van der Waals surface area (Å²) in [6, 6.07) is 5.25. The van der Waals surface area contributed by atoms with Gasteiger partial charge in [-0.3, -0.25) is 4.79 Å². The van der Waals surface area contributed by atoms with Crippen molar-refractivity contribution in [2.45, 2.75) is 0 Å². The molecule has 0 radical (unpaired) electrons. The molecule has 124 valence electrons. The monoisotopic (exact) mass is 347 g/mol. The zero-order valence-electron chi connectivity index (χ0n) is 12.7. The molecule has 8 heteroatoms. The molecule has 0 fully saturated rings. The second-order valence-corrected chi connectivity index (χ2v) is 5.91. The summed E-state index contributed by atoms with van der Waals surface area (Å²) < 4.78 is 10.5. The molecule has 7 nitrogen and oxygen atoms in total. The number of carbonyl (C=O) groups is 1. The van der Waals surface area contributed by atoms with E-state index in [1.54, 1.807) is 0 Å². The molecule has 3 N–H and O–H groups in total. The Labute approximate surface area is 140 Å². The third kappa shape index (κ3) is 2.56. The fourth-order valence-electron chi connectivity index (χ4n) is 2.22. The first-order chi connectivity index (χ1) is 11.4. The average Bonchev–Trinajstić information content (AvgIpc) is 2.97. The summed E-state index contributed by atoms with van der Waals surface area (Å²) in [6.45, 7) is 0. The smallest absolute Gasteiger partial charge is 0.225 e. The third-order valence-electron chi connectivity index (χ3n) is 3.43. The predicted molar refractivity (Wildman–Crippen MR) is 87.6 cm³/mol. The number of phenols is 3. The topological polar surface area (TPSA) is 109 Å². The largest absolute Gasteiger partial charge is 0.507 e. The van der Waals surface area contributed by atoms with Crippen molar-refractivity contribution in [2.75, 3.05) is 14.2 Å². The van der Waals surface area contributed by atoms with Gasteiger partial charge in [-0.2, -0.15) is 0 Å². The lowest BCUT2D eigenvalue weighted by Crippen LogP contribution is -2.01. The van der Waals surface area contributed by atoms with E-state index in [0.29, 0.717) is 10.2 Å². The summed E-state index contributed by atoms with van der Waals surface area (Å²) >= 11 is 1.06. The highest BCUT2D eigenvalue weighted by molar-refractivity contribution is 7.20. The quantitative estimate of drug-likeness (QED) is 0.492. The minimum atomic E-state index is -0.551. The fraction of sp³-hybridized carbons (Fsp3) is 0.125. The fourth-order valence-corrected chi connectivity index (χ4v) is 3.16. The van der Waals surface area contributed by atoms with Gasteiger partial charge in [0.05, 0.1) is 30.0 Å². The normalized spacial score (nSPS) is 10.8. The highest BCUT2D eigenvalue weighted by atomic mass is 32.1. The lowest BCUT2D eigenvalue weighted by Gasteiger charge is -2.07. The molecule has 0 aliphatic heterocycles. The Balaban J connectivity index is 2.07. The van der Waals surface area contributed by atoms with Gasteiger partial charge in [-0.1, -0.05) is 0 Å². The number of nitrogens with zero attached hydrogens (tertiary/aromatic N) is 1. The number of ketones is 1. The van der Waals surface area contributed by atoms with E-state index in [0.717, 1.165) is 23.5 Å². The summed E-state index contributed by atoms with van der Waals surface area (Å²) in [4.78, 5) is 16.8. The number of hydrogen-bond acceptors (Lipinski definition) is 8. The van der Waals surface area contributed by atoms with E-state index in [1.165, 1.54) is 26.4 Å². The molecule has 0 atom stereocenters. The van der Waals surface area contributed by atoms with Crippen molar-refractivity contribution in [1.29, 1.82) is 0 Å². The molecule has 24 heavy (non-hydrogen) atoms. The predicted octanol–water partition coefficient (Wildman–Crippen LogP) is 2.66. The molecule has 1 heterocycles. The van der Waals surface area contributed by atoms with Crippen molar-refractivity contribution in [2.24, 2.45) is 0 Å². The number of phenolic OH excluding ortho intramolecular Hbond substituents is 3. The maximum absolute atomic E-state index is 12.6. The standard InChI is InChI=1S/C16H13NO6S/c1-22-12-4-8-14(6-11(12)20)24-16(17-8)15(21)7-3-10(19)13(23-2)5-9(7)18/h3-6,18-20H,1-2H3. The Morgan fingerprint density at radius 1 is 0.958 bits per heavy atom. The van der Waals surface area contributed by atoms with E-state index in [4.69, 9.17) is 9.47 Å². The van der Waals surface area contributed by atoms with Crippen molar-refractivity contribution in [1.82, 2.24) is 4.98 Å². The van der Waals surface area contributed by atoms with Crippen LogP contribution >= 0.6 is 11.3 Å². The number of methoxy groups -OCH3 is 2. The van der Waals surface area contributed by atoms with E-state index >= 15 is 0 Å². The van der Waals surface area contributed by atoms with Crippen LogP contribution in [-0.2, 0) is 0 Å². The second kappa shape index (κ2) is 5.89. The summed E-state index contributed by atoms with van der Waals surface area (Å²) in [5, 5.41) is 29.7. The summed E-state index contributed by atoms with van der Waals surface area (Å²) in [6.07, 6.45) is 0. The van der Waals surface area contributed by atoms with Gasteiger partial charge >= 0.3 is 0 Å². The Morgan fingerprint density at radius 2 is 1.58 bits per heavy atom. The van der Waals surface area contributed by atoms with Crippen LogP contribution in [0.5, 0.6) is 28.7 Å². The van der Waals surface area contributed by atoms with E-state index in [2.05, 4.69) is 4.98 Å². The number of aromatic nitrogens is 1. The molecule has 0 amide bonds. The molecule has 2 aromatic carbocycles. The minimum Gasteiger partial charge on any atom is -0.507 e. The van der Waals surface area contributed by atoms with Gasteiger partial charge < -0.3 is 24.8 Å². The van der Waals surface area contributed by atoms with Crippen LogP contribution < -0.4 is 9.47 Å². The van der Waals surface area contributed by atoms with Gasteiger partial charge in [-0.15, -0.1) is 11.3 Å². The number of rotatable bonds is 4. The Bertz CT molecular complexity index is 949. The zero-order valence-corrected chi connectivity index (χ0v) is 13.5. The first-order valence-corrected chi connectivity index (χ1v) is 7.58. The number of ether oxygens (including phenoxy) is 2. The first kappa shape index (κ1) is 15.9. The van der Waals surface area contributed by atoms with Crippen molar-refractivity contribution < 1.29 is 29.6 Å². The molecule has 0 saturated carbocycles. The van der Waals surface area contributed by atoms with Gasteiger partial charge in [0.25, 0.3) is 0 Å². The van der Waals surface area contributed by atoms with Gasteiger partial charge in [-0.05, 0) is 6.07 Å². The summed E-state index contributed by atoms with van der Waals surface area (Å²) in [7, 11) is 2.75. The minimum absolute atomic E-state index is 0.0578. The Morgan fingerprint density at radius 3 is 2.25 bits per heavy atom. The number of fused-ring (bicyclic) bond motifs is 1. The van der Waals surface area contributed by atoms with Gasteiger partial charge in [0.1, 0.15) is 5.75 Å². The van der Waals surface area contributed by atoms with Crippen LogP contribution in [0.4, 0.5) is 0 Å². The summed E-state index contributed by atoms with van der Waals surface area (Å²) in [5.74, 6) is -0.893. The van der Waals surface area contributed by atoms with E-state index < -0.39 is 5.78 Å². The second-order valence-electron chi connectivity index (χ2n) is 4.88. The van der Waals surface area contributed by atoms with E-state index in [1.807, 2.05) is 0 Å². The van der Waals surface area contributed by atoms with Crippen LogP contribution in [0.1, 0.15) is 15.4 Å². The van der Waals surface area contributed by atoms with E-state index in [9.17, 15) is 20.1 Å². The Hall–Kier alpha value is -3.00. The van der Waals surface area contributed by atoms with Crippen molar-refractivity contribution >= 4 is 27.3 Å². The van der Waals surface area contributed by atoms with Crippen LogP contribution in [0.3, 0.4) is 0 Å². The molecule has 0 bridgehead atoms. The Kier molecular flexibility index (Phi) is 3.90. The van der Waals surface area contributed by atoms with Crippen molar-refractivity contribution in [3.63, 3.8) is 0 Å². The number of thiazole rings is 1. The molecular weight excluding hydrogens is 334 g/mol. The number of hydrogen-bond donors (Lipinski definition) is 3. The zero-order chi connectivity index (χ0) is 17.4. The van der Waals surface area contributed by atoms with Crippen LogP contribution in [0, 0.1) is 0 Å². The molecule has 0 saturated heterocycles. The molecule has 0 spiro atoms. The van der Waals surface area contributed by atoms with Gasteiger partial charge in [0.15, 0.2) is 28.0 Å². The van der Waals surface area contributed by atoms with Gasteiger partial charge in [-0.25, -0.2) is 4.98 Å². The highest BCUT2D eigenvalue weighted by Crippen LogP contribution is 2.37. The van der Waals surface area contributed by atoms with Crippen molar-refractivity contribution in [3.8, 4) is 28.7 Å². The maximum atomic E-state index is 12.6. The first-order valence-electron chi connectivity index (χ1n) is 6.76. The van der Waals surface area contributed by atoms with Crippen molar-refractivity contribution in [3.05, 3.63) is 34.8 Å². The molecular formula is C16H13NO6S. The molecule has 0 aliphatic carbocycles. The third-order valence-corrected chi connectivity index (χ3v) is 4.44. The van der Waals surface area contributed by atoms with Crippen LogP contribution in [-0.4, -0.2) is 40.3 Å². The molecule has 3 aromatic rings. The average molecular weight is 347 g/mol. The molecule has 3 rings (SSSR count). The molecule has 1 aromatic heterocycles.